The smallest absolute Gasteiger partial charge is 0.115 e. The Hall–Kier alpha value is -1.81. The summed E-state index contributed by atoms with van der Waals surface area (Å²) in [5, 5.41) is 16.8. The molecule has 1 aromatic carbocycles. The van der Waals surface area contributed by atoms with Crippen molar-refractivity contribution in [2.45, 2.75) is 13.0 Å². The van der Waals surface area contributed by atoms with E-state index in [1.165, 1.54) is 11.3 Å². The first-order valence-electron chi connectivity index (χ1n) is 5.78. The van der Waals surface area contributed by atoms with E-state index in [0.29, 0.717) is 0 Å². The van der Waals surface area contributed by atoms with Crippen LogP contribution in [0.15, 0.2) is 24.3 Å². The first-order chi connectivity index (χ1) is 8.24. The quantitative estimate of drug-likeness (QED) is 0.783. The minimum atomic E-state index is 0.287. The zero-order valence-corrected chi connectivity index (χ0v) is 9.77. The molecule has 0 bridgehead atoms. The predicted molar refractivity (Wildman–Crippen MR) is 65.7 cm³/mol. The van der Waals surface area contributed by atoms with E-state index in [1.807, 2.05) is 12.1 Å². The highest BCUT2D eigenvalue weighted by Gasteiger charge is 2.20. The van der Waals surface area contributed by atoms with Gasteiger partial charge in [-0.25, -0.2) is 0 Å². The average molecular weight is 229 g/mol. The summed E-state index contributed by atoms with van der Waals surface area (Å²) < 4.78 is 0. The number of fused-ring (bicyclic) bond motifs is 1. The van der Waals surface area contributed by atoms with Crippen LogP contribution in [0, 0.1) is 0 Å². The molecule has 4 nitrogen and oxygen atoms in total. The summed E-state index contributed by atoms with van der Waals surface area (Å²) in [4.78, 5) is 2.29. The van der Waals surface area contributed by atoms with E-state index in [4.69, 9.17) is 0 Å². The molecule has 3 rings (SSSR count). The molecule has 2 N–H and O–H groups in total. The third kappa shape index (κ3) is 1.80. The Morgan fingerprint density at radius 3 is 2.82 bits per heavy atom. The molecule has 0 radical (unpaired) electrons. The van der Waals surface area contributed by atoms with E-state index < -0.39 is 0 Å². The van der Waals surface area contributed by atoms with Crippen molar-refractivity contribution >= 4 is 0 Å². The number of hydrogen-bond donors (Lipinski definition) is 2. The Labute approximate surface area is 99.9 Å². The van der Waals surface area contributed by atoms with Crippen LogP contribution in [0.5, 0.6) is 5.75 Å². The predicted octanol–water partition coefficient (Wildman–Crippen LogP) is 1.77. The van der Waals surface area contributed by atoms with Crippen LogP contribution in [0.3, 0.4) is 0 Å². The van der Waals surface area contributed by atoms with Gasteiger partial charge in [-0.2, -0.15) is 5.10 Å². The molecule has 88 valence electrons. The molecule has 0 aliphatic carbocycles. The van der Waals surface area contributed by atoms with E-state index in [9.17, 15) is 5.11 Å². The molecule has 0 spiro atoms. The molecule has 1 aromatic heterocycles. The highest BCUT2D eigenvalue weighted by Crippen LogP contribution is 2.28. The lowest BCUT2D eigenvalue weighted by Gasteiger charge is -2.22. The molecule has 0 unspecified atom stereocenters. The van der Waals surface area contributed by atoms with Crippen molar-refractivity contribution < 1.29 is 5.11 Å². The van der Waals surface area contributed by atoms with Crippen molar-refractivity contribution in [1.29, 1.82) is 0 Å². The summed E-state index contributed by atoms with van der Waals surface area (Å²) in [7, 11) is 2.12. The van der Waals surface area contributed by atoms with E-state index >= 15 is 0 Å². The maximum absolute atomic E-state index is 9.30. The van der Waals surface area contributed by atoms with Crippen molar-refractivity contribution in [1.82, 2.24) is 15.1 Å². The maximum atomic E-state index is 9.30. The van der Waals surface area contributed by atoms with E-state index in [1.54, 1.807) is 12.1 Å². The van der Waals surface area contributed by atoms with Gasteiger partial charge in [0, 0.05) is 36.3 Å². The number of aromatic hydroxyl groups is 1. The second-order valence-electron chi connectivity index (χ2n) is 4.56. The number of likely N-dealkylation sites (N-methyl/N-ethyl adjacent to an activating group) is 1. The van der Waals surface area contributed by atoms with E-state index in [2.05, 4.69) is 22.1 Å². The fraction of sp³-hybridized carbons (Fsp3) is 0.308. The van der Waals surface area contributed by atoms with Gasteiger partial charge in [-0.05, 0) is 31.3 Å². The number of phenolic OH excluding ortho intramolecular Hbond substituents is 1. The normalized spacial score (nSPS) is 15.8. The second kappa shape index (κ2) is 3.89. The molecule has 0 atom stereocenters. The van der Waals surface area contributed by atoms with Crippen LogP contribution >= 0.6 is 0 Å². The van der Waals surface area contributed by atoms with Crippen LogP contribution in [0.1, 0.15) is 11.3 Å². The first kappa shape index (κ1) is 10.4. The molecule has 4 heteroatoms. The zero-order chi connectivity index (χ0) is 11.8. The fourth-order valence-corrected chi connectivity index (χ4v) is 2.29. The number of H-pyrrole nitrogens is 1. The Morgan fingerprint density at radius 1 is 1.29 bits per heavy atom. The van der Waals surface area contributed by atoms with Gasteiger partial charge in [0.25, 0.3) is 0 Å². The lowest BCUT2D eigenvalue weighted by molar-refractivity contribution is 0.312. The number of aromatic amines is 1. The van der Waals surface area contributed by atoms with Crippen LogP contribution in [0.25, 0.3) is 11.3 Å². The summed E-state index contributed by atoms with van der Waals surface area (Å²) >= 11 is 0. The third-order valence-corrected chi connectivity index (χ3v) is 3.27. The average Bonchev–Trinajstić information content (AvgIpc) is 2.73. The SMILES string of the molecule is CN1CCc2[nH]nc(-c3ccc(O)cc3)c2C1. The van der Waals surface area contributed by atoms with Crippen LogP contribution in [0.2, 0.25) is 0 Å². The number of rotatable bonds is 1. The van der Waals surface area contributed by atoms with Gasteiger partial charge in [-0.3, -0.25) is 5.10 Å². The highest BCUT2D eigenvalue weighted by molar-refractivity contribution is 5.65. The number of aromatic nitrogens is 2. The molecule has 1 aliphatic rings. The van der Waals surface area contributed by atoms with Gasteiger partial charge in [-0.1, -0.05) is 0 Å². The number of hydrogen-bond acceptors (Lipinski definition) is 3. The lowest BCUT2D eigenvalue weighted by Crippen LogP contribution is -2.26. The summed E-state index contributed by atoms with van der Waals surface area (Å²) in [6.45, 7) is 2.01. The third-order valence-electron chi connectivity index (χ3n) is 3.27. The summed E-state index contributed by atoms with van der Waals surface area (Å²) in [5.74, 6) is 0.287. The number of phenols is 1. The molecule has 17 heavy (non-hydrogen) atoms. The Morgan fingerprint density at radius 2 is 2.06 bits per heavy atom. The van der Waals surface area contributed by atoms with E-state index in [-0.39, 0.29) is 5.75 Å². The molecular weight excluding hydrogens is 214 g/mol. The molecule has 1 aliphatic heterocycles. The monoisotopic (exact) mass is 229 g/mol. The van der Waals surface area contributed by atoms with Crippen molar-refractivity contribution in [3.8, 4) is 17.0 Å². The van der Waals surface area contributed by atoms with Gasteiger partial charge in [-0.15, -0.1) is 0 Å². The van der Waals surface area contributed by atoms with Crippen LogP contribution in [-0.4, -0.2) is 33.8 Å². The molecule has 0 saturated carbocycles. The number of nitrogens with zero attached hydrogens (tertiary/aromatic N) is 2. The van der Waals surface area contributed by atoms with Crippen molar-refractivity contribution in [2.75, 3.05) is 13.6 Å². The summed E-state index contributed by atoms with van der Waals surface area (Å²) in [6.07, 6.45) is 1.02. The first-order valence-corrected chi connectivity index (χ1v) is 5.78. The van der Waals surface area contributed by atoms with Crippen LogP contribution in [-0.2, 0) is 13.0 Å². The maximum Gasteiger partial charge on any atom is 0.115 e. The minimum absolute atomic E-state index is 0.287. The van der Waals surface area contributed by atoms with E-state index in [0.717, 1.165) is 30.8 Å². The zero-order valence-electron chi connectivity index (χ0n) is 9.77. The molecule has 2 aromatic rings. The molecular formula is C13H15N3O. The van der Waals surface area contributed by atoms with Crippen molar-refractivity contribution in [2.24, 2.45) is 0 Å². The second-order valence-corrected chi connectivity index (χ2v) is 4.56. The largest absolute Gasteiger partial charge is 0.508 e. The van der Waals surface area contributed by atoms with Gasteiger partial charge in [0.15, 0.2) is 0 Å². The Kier molecular flexibility index (Phi) is 2.37. The Balaban J connectivity index is 2.04. The molecule has 0 saturated heterocycles. The molecule has 0 amide bonds. The standard InChI is InChI=1S/C13H15N3O/c1-16-7-6-12-11(8-16)13(15-14-12)9-2-4-10(17)5-3-9/h2-5,17H,6-8H2,1H3,(H,14,15). The van der Waals surface area contributed by atoms with Gasteiger partial charge < -0.3 is 10.0 Å². The number of nitrogens with one attached hydrogen (secondary N) is 1. The number of benzene rings is 1. The summed E-state index contributed by atoms with van der Waals surface area (Å²) in [6, 6.07) is 7.20. The highest BCUT2D eigenvalue weighted by atomic mass is 16.3. The minimum Gasteiger partial charge on any atom is -0.508 e. The lowest BCUT2D eigenvalue weighted by atomic mass is 10.0. The van der Waals surface area contributed by atoms with Crippen LogP contribution in [0.4, 0.5) is 0 Å². The summed E-state index contributed by atoms with van der Waals surface area (Å²) in [5.41, 5.74) is 4.58. The Bertz CT molecular complexity index is 530. The van der Waals surface area contributed by atoms with Gasteiger partial charge in [0.05, 0.1) is 5.69 Å². The van der Waals surface area contributed by atoms with Gasteiger partial charge in [0.1, 0.15) is 5.75 Å². The van der Waals surface area contributed by atoms with Gasteiger partial charge in [0.2, 0.25) is 0 Å². The topological polar surface area (TPSA) is 52.2 Å². The fourth-order valence-electron chi connectivity index (χ4n) is 2.29. The van der Waals surface area contributed by atoms with Crippen LogP contribution < -0.4 is 0 Å². The van der Waals surface area contributed by atoms with Crippen molar-refractivity contribution in [3.63, 3.8) is 0 Å². The van der Waals surface area contributed by atoms with Gasteiger partial charge >= 0.3 is 0 Å². The molecule has 0 fully saturated rings. The molecule has 2 heterocycles. The van der Waals surface area contributed by atoms with Crippen molar-refractivity contribution in [3.05, 3.63) is 35.5 Å².